The molecule has 816 valence electrons. The van der Waals surface area contributed by atoms with E-state index in [1.165, 1.54) is 0 Å². The third-order valence-corrected chi connectivity index (χ3v) is 129. The van der Waals surface area contributed by atoms with Gasteiger partial charge < -0.3 is 0 Å². The van der Waals surface area contributed by atoms with E-state index < -0.39 is 126 Å². The van der Waals surface area contributed by atoms with E-state index in [2.05, 4.69) is 332 Å². The molecule has 0 bridgehead atoms. The van der Waals surface area contributed by atoms with Gasteiger partial charge in [-0.1, -0.05) is 0 Å². The SMILES string of the molecule is CCP(CC)(CC)(CC)OB(F)OP(CC)(CC)(CC)CC.CCP(CC)(CC)(CC)OB(F)OP(CC)(CC)(CC)CC.CCP(CC)(CC)(CC)OB(F)OP(CC)(CC)(CC)CC.CCP(CC)(CC)(CC)OB(F)OP(CC)(CC)(CC)CC.CCP(CC)(CC)(CC)OB(F)OP(CC)(CC)(CC)CC.CCP(CC)(CC)(CC)OB(F)OP(CC)(CC)(CC)CC. The van der Waals surface area contributed by atoms with Gasteiger partial charge in [-0.25, -0.2) is 0 Å². The molecule has 0 spiro atoms. The number of halogens is 6. The van der Waals surface area contributed by atoms with Crippen LogP contribution in [0.4, 0.5) is 25.9 Å². The van der Waals surface area contributed by atoms with E-state index in [1.54, 1.807) is 0 Å². The van der Waals surface area contributed by atoms with Crippen LogP contribution < -0.4 is 0 Å². The van der Waals surface area contributed by atoms with Crippen LogP contribution in [-0.4, -0.2) is 340 Å². The predicted octanol–water partition coefficient (Wildman–Crippen LogP) is 36.4. The van der Waals surface area contributed by atoms with Crippen molar-refractivity contribution in [3.05, 3.63) is 0 Å². The minimum absolute atomic E-state index is 0.936. The van der Waals surface area contributed by atoms with Crippen LogP contribution in [0.5, 0.6) is 0 Å². The quantitative estimate of drug-likeness (QED) is 0.0328. The molecule has 0 heterocycles. The van der Waals surface area contributed by atoms with Crippen molar-refractivity contribution in [3.8, 4) is 0 Å². The Morgan fingerprint density at radius 1 is 0.0909 bits per heavy atom. The van der Waals surface area contributed by atoms with Crippen molar-refractivity contribution in [3.63, 3.8) is 0 Å². The molecule has 0 aromatic carbocycles. The first-order chi connectivity index (χ1) is 61.3. The van der Waals surface area contributed by atoms with Crippen LogP contribution in [0.3, 0.4) is 0 Å². The Balaban J connectivity index is -0.000000361. The van der Waals surface area contributed by atoms with Crippen molar-refractivity contribution in [2.24, 2.45) is 0 Å². The summed E-state index contributed by atoms with van der Waals surface area (Å²) in [6.45, 7) is 74.0. The summed E-state index contributed by atoms with van der Waals surface area (Å²) < 4.78 is 164. The summed E-state index contributed by atoms with van der Waals surface area (Å²) in [7, 11) is -9.36. The molecule has 36 heteroatoms. The Bertz CT molecular complexity index is 2120. The monoisotopic (exact) mass is 2140 g/mol. The Kier molecular flexibility index (Phi) is 66.8. The van der Waals surface area contributed by atoms with Crippen molar-refractivity contribution in [2.75, 3.05) is 296 Å². The van der Waals surface area contributed by atoms with Gasteiger partial charge in [0.1, 0.15) is 0 Å². The first-order valence-corrected chi connectivity index (χ1v) is 90.2. The average Bonchev–Trinajstić information content (AvgIpc) is 0.767. The Labute approximate surface area is 828 Å². The van der Waals surface area contributed by atoms with E-state index in [-0.39, 0.29) is 0 Å². The zero-order valence-electron chi connectivity index (χ0n) is 97.9. The first kappa shape index (κ1) is 147. The summed E-state index contributed by atoms with van der Waals surface area (Å²) >= 11 is 0. The zero-order chi connectivity index (χ0) is 105. The molecule has 12 nitrogen and oxygen atoms in total. The Morgan fingerprint density at radius 2 is 0.121 bits per heavy atom. The summed E-state index contributed by atoms with van der Waals surface area (Å²) in [5, 5.41) is 0. The van der Waals surface area contributed by atoms with Crippen LogP contribution in [0, 0.1) is 0 Å². The second-order valence-electron chi connectivity index (χ2n) is 40.4. The number of hydrogen-bond acceptors (Lipinski definition) is 12. The summed E-state index contributed by atoms with van der Waals surface area (Å²) in [6, 6.07) is 0. The van der Waals surface area contributed by atoms with Gasteiger partial charge in [-0.2, -0.15) is 0 Å². The molecule has 0 fully saturated rings. The van der Waals surface area contributed by atoms with E-state index in [0.29, 0.717) is 0 Å². The van der Waals surface area contributed by atoms with Crippen LogP contribution in [-0.2, 0) is 53.3 Å². The van der Waals surface area contributed by atoms with E-state index in [1.807, 2.05) is 0 Å². The molecule has 0 aromatic heterocycles. The van der Waals surface area contributed by atoms with Crippen LogP contribution >= 0.6 is 82.0 Å². The molecule has 0 aliphatic carbocycles. The van der Waals surface area contributed by atoms with Gasteiger partial charge in [-0.3, -0.25) is 0 Å². The summed E-state index contributed by atoms with van der Waals surface area (Å²) in [5.74, 6) is 0. The summed E-state index contributed by atoms with van der Waals surface area (Å²) in [4.78, 5) is 0. The fraction of sp³-hybridized carbons (Fsp3) is 1.00. The van der Waals surface area contributed by atoms with Gasteiger partial charge in [0, 0.05) is 0 Å². The van der Waals surface area contributed by atoms with Crippen LogP contribution in [0.15, 0.2) is 0 Å². The van der Waals surface area contributed by atoms with Crippen molar-refractivity contribution < 1.29 is 79.2 Å². The molecule has 0 unspecified atom stereocenters. The number of rotatable bonds is 72. The molecule has 0 saturated heterocycles. The fourth-order valence-electron chi connectivity index (χ4n) is 22.6. The molecular weight excluding hydrogens is 1900 g/mol. The molecule has 0 rings (SSSR count). The van der Waals surface area contributed by atoms with E-state index in [4.69, 9.17) is 53.3 Å². The Morgan fingerprint density at radius 3 is 0.144 bits per heavy atom. The van der Waals surface area contributed by atoms with Gasteiger partial charge in [0.15, 0.2) is 0 Å². The van der Waals surface area contributed by atoms with Crippen LogP contribution in [0.25, 0.3) is 0 Å². The minimum atomic E-state index is -2.45. The molecule has 0 N–H and O–H groups in total. The van der Waals surface area contributed by atoms with Gasteiger partial charge in [0.05, 0.1) is 0 Å². The van der Waals surface area contributed by atoms with E-state index >= 15 is 0 Å². The molecule has 0 radical (unpaired) electrons. The van der Waals surface area contributed by atoms with E-state index in [0.717, 1.165) is 296 Å². The summed E-state index contributed by atoms with van der Waals surface area (Å²) in [5.41, 5.74) is 0. The first-order valence-electron chi connectivity index (χ1n) is 55.4. The van der Waals surface area contributed by atoms with Crippen molar-refractivity contribution in [1.82, 2.24) is 0 Å². The zero-order valence-corrected chi connectivity index (χ0v) is 109. The molecule has 132 heavy (non-hydrogen) atoms. The summed E-state index contributed by atoms with van der Waals surface area (Å²) in [6.07, 6.45) is 44.9. The standard InChI is InChI=1S/6C16H40BFO2P2/c6*1-9-21(10-2,11-3,12-4)19-17(18)20-22(13-5,14-6,15-7)16-8/h6*9-16H2,1-8H3. The fourth-order valence-corrected chi connectivity index (χ4v) is 68.5. The van der Waals surface area contributed by atoms with E-state index in [9.17, 15) is 25.9 Å². The topological polar surface area (TPSA) is 111 Å². The maximum atomic E-state index is 15.0. The second-order valence-corrected chi connectivity index (χ2v) is 118. The molecule has 0 saturated carbocycles. The maximum absolute atomic E-state index is 15.0. The number of hydrogen-bond donors (Lipinski definition) is 0. The second kappa shape index (κ2) is 59.9. The molecule has 0 aliphatic heterocycles. The van der Waals surface area contributed by atoms with Crippen molar-refractivity contribution in [2.45, 2.75) is 332 Å². The van der Waals surface area contributed by atoms with Gasteiger partial charge in [-0.15, -0.1) is 0 Å². The van der Waals surface area contributed by atoms with Crippen molar-refractivity contribution in [1.29, 1.82) is 0 Å². The molecule has 0 aliphatic rings. The molecule has 0 aromatic rings. The predicted molar refractivity (Wildman–Crippen MR) is 643 cm³/mol. The van der Waals surface area contributed by atoms with Gasteiger partial charge >= 0.3 is 834 Å². The third-order valence-electron chi connectivity index (χ3n) is 43.0. The van der Waals surface area contributed by atoms with Crippen LogP contribution in [0.1, 0.15) is 332 Å². The molecular formula is C96H240B6F6O12P12. The van der Waals surface area contributed by atoms with Gasteiger partial charge in [0.2, 0.25) is 0 Å². The molecule has 0 amide bonds. The molecule has 0 atom stereocenters. The third kappa shape index (κ3) is 33.3. The van der Waals surface area contributed by atoms with Crippen LogP contribution in [0.2, 0.25) is 0 Å². The van der Waals surface area contributed by atoms with Crippen molar-refractivity contribution >= 4 is 126 Å². The Hall–Kier alpha value is 4.65. The van der Waals surface area contributed by atoms with Gasteiger partial charge in [0.25, 0.3) is 0 Å². The normalized spacial score (nSPS) is 16.6. The van der Waals surface area contributed by atoms with Gasteiger partial charge in [-0.05, 0) is 0 Å². The average molecular weight is 2140 g/mol.